The van der Waals surface area contributed by atoms with Gasteiger partial charge in [0, 0.05) is 24.5 Å². The number of carbonyl (C=O) groups is 2. The number of likely N-dealkylation sites (tertiary alicyclic amines) is 1. The van der Waals surface area contributed by atoms with E-state index in [1.807, 2.05) is 12.1 Å². The van der Waals surface area contributed by atoms with E-state index in [0.717, 1.165) is 18.4 Å². The van der Waals surface area contributed by atoms with Crippen molar-refractivity contribution in [3.05, 3.63) is 41.9 Å². The molecule has 0 spiro atoms. The van der Waals surface area contributed by atoms with Crippen molar-refractivity contribution in [2.45, 2.75) is 25.8 Å². The molecule has 0 unspecified atom stereocenters. The molecule has 1 saturated heterocycles. The van der Waals surface area contributed by atoms with Gasteiger partial charge in [0.2, 0.25) is 0 Å². The van der Waals surface area contributed by atoms with E-state index in [4.69, 9.17) is 4.52 Å². The highest BCUT2D eigenvalue weighted by atomic mass is 16.5. The van der Waals surface area contributed by atoms with Crippen molar-refractivity contribution >= 4 is 17.6 Å². The van der Waals surface area contributed by atoms with Gasteiger partial charge in [0.15, 0.2) is 5.82 Å². The first-order chi connectivity index (χ1) is 10.7. The maximum Gasteiger partial charge on any atom is 0.315 e. The van der Waals surface area contributed by atoms with Gasteiger partial charge >= 0.3 is 11.8 Å². The molecule has 3 heterocycles. The van der Waals surface area contributed by atoms with Crippen LogP contribution in [-0.2, 0) is 9.59 Å². The summed E-state index contributed by atoms with van der Waals surface area (Å²) < 4.78 is 4.75. The van der Waals surface area contributed by atoms with Gasteiger partial charge in [0.1, 0.15) is 6.26 Å². The minimum absolute atomic E-state index is 0.0837. The summed E-state index contributed by atoms with van der Waals surface area (Å²) in [5, 5.41) is 6.15. The van der Waals surface area contributed by atoms with Crippen molar-refractivity contribution in [1.82, 2.24) is 15.0 Å². The van der Waals surface area contributed by atoms with Crippen LogP contribution in [0.25, 0.3) is 0 Å². The molecule has 22 heavy (non-hydrogen) atoms. The van der Waals surface area contributed by atoms with Gasteiger partial charge in [-0.05, 0) is 37.5 Å². The van der Waals surface area contributed by atoms with E-state index < -0.39 is 11.8 Å². The van der Waals surface area contributed by atoms with Gasteiger partial charge in [0.25, 0.3) is 0 Å². The molecule has 7 heteroatoms. The Labute approximate surface area is 127 Å². The fourth-order valence-electron chi connectivity index (χ4n) is 2.64. The van der Waals surface area contributed by atoms with E-state index in [0.29, 0.717) is 12.1 Å². The number of carbonyl (C=O) groups excluding carboxylic acids is 2. The number of anilines is 1. The second kappa shape index (κ2) is 5.97. The Bertz CT molecular complexity index is 683. The third-order valence-corrected chi connectivity index (χ3v) is 3.78. The van der Waals surface area contributed by atoms with Crippen LogP contribution in [-0.4, -0.2) is 33.4 Å². The van der Waals surface area contributed by atoms with Crippen LogP contribution in [0.2, 0.25) is 0 Å². The lowest BCUT2D eigenvalue weighted by Gasteiger charge is -2.24. The topological polar surface area (TPSA) is 88.3 Å². The van der Waals surface area contributed by atoms with Crippen LogP contribution in [0.3, 0.4) is 0 Å². The summed E-state index contributed by atoms with van der Waals surface area (Å²) in [4.78, 5) is 30.1. The number of pyridine rings is 1. The van der Waals surface area contributed by atoms with E-state index in [1.165, 1.54) is 6.26 Å². The first-order valence-corrected chi connectivity index (χ1v) is 7.09. The quantitative estimate of drug-likeness (QED) is 0.852. The molecular weight excluding hydrogens is 284 g/mol. The zero-order valence-electron chi connectivity index (χ0n) is 12.2. The predicted molar refractivity (Wildman–Crippen MR) is 77.8 cm³/mol. The highest BCUT2D eigenvalue weighted by Gasteiger charge is 2.33. The van der Waals surface area contributed by atoms with Gasteiger partial charge in [-0.1, -0.05) is 5.16 Å². The molecule has 0 radical (unpaired) electrons. The zero-order valence-corrected chi connectivity index (χ0v) is 12.2. The summed E-state index contributed by atoms with van der Waals surface area (Å²) in [5.41, 5.74) is 1.67. The molecule has 2 aromatic heterocycles. The standard InChI is InChI=1S/C15H16N4O3/c1-10-9-22-18-13(10)17-14(20)15(21)19-8-2-3-12(19)11-4-6-16-7-5-11/h4-7,9,12H,2-3,8H2,1H3,(H,17,18,20)/t12-/m1/s1. The highest BCUT2D eigenvalue weighted by Crippen LogP contribution is 2.31. The summed E-state index contributed by atoms with van der Waals surface area (Å²) in [7, 11) is 0. The number of nitrogens with zero attached hydrogens (tertiary/aromatic N) is 3. The maximum atomic E-state index is 12.4. The lowest BCUT2D eigenvalue weighted by atomic mass is 10.1. The summed E-state index contributed by atoms with van der Waals surface area (Å²) in [6.45, 7) is 2.31. The molecule has 2 aromatic rings. The molecule has 0 aliphatic carbocycles. The maximum absolute atomic E-state index is 12.4. The first-order valence-electron chi connectivity index (χ1n) is 7.09. The molecule has 114 valence electrons. The Morgan fingerprint density at radius 3 is 2.82 bits per heavy atom. The average Bonchev–Trinajstić information content (AvgIpc) is 3.17. The molecule has 1 N–H and O–H groups in total. The number of nitrogens with one attached hydrogen (secondary N) is 1. The average molecular weight is 300 g/mol. The molecular formula is C15H16N4O3. The molecule has 1 aliphatic rings. The monoisotopic (exact) mass is 300 g/mol. The number of hydrogen-bond acceptors (Lipinski definition) is 5. The molecule has 0 aromatic carbocycles. The van der Waals surface area contributed by atoms with Gasteiger partial charge in [-0.2, -0.15) is 0 Å². The Morgan fingerprint density at radius 2 is 2.14 bits per heavy atom. The third-order valence-electron chi connectivity index (χ3n) is 3.78. The lowest BCUT2D eigenvalue weighted by molar-refractivity contribution is -0.143. The molecule has 7 nitrogen and oxygen atoms in total. The van der Waals surface area contributed by atoms with Crippen molar-refractivity contribution in [3.63, 3.8) is 0 Å². The molecule has 0 bridgehead atoms. The smallest absolute Gasteiger partial charge is 0.315 e. The predicted octanol–water partition coefficient (Wildman–Crippen LogP) is 1.68. The molecule has 1 aliphatic heterocycles. The lowest BCUT2D eigenvalue weighted by Crippen LogP contribution is -2.39. The van der Waals surface area contributed by atoms with E-state index in [-0.39, 0.29) is 11.9 Å². The summed E-state index contributed by atoms with van der Waals surface area (Å²) in [6, 6.07) is 3.66. The first kappa shape index (κ1) is 14.2. The highest BCUT2D eigenvalue weighted by molar-refractivity contribution is 6.39. The van der Waals surface area contributed by atoms with Crippen molar-refractivity contribution in [1.29, 1.82) is 0 Å². The second-order valence-corrected chi connectivity index (χ2v) is 5.24. The SMILES string of the molecule is Cc1conc1NC(=O)C(=O)N1CCC[C@@H]1c1ccncc1. The van der Waals surface area contributed by atoms with Crippen LogP contribution < -0.4 is 5.32 Å². The minimum Gasteiger partial charge on any atom is -0.362 e. The molecule has 1 fully saturated rings. The Balaban J connectivity index is 1.73. The minimum atomic E-state index is -0.696. The fraction of sp³-hybridized carbons (Fsp3) is 0.333. The normalized spacial score (nSPS) is 17.5. The van der Waals surface area contributed by atoms with E-state index in [9.17, 15) is 9.59 Å². The van der Waals surface area contributed by atoms with Gasteiger partial charge in [0.05, 0.1) is 6.04 Å². The Morgan fingerprint density at radius 1 is 1.36 bits per heavy atom. The molecule has 2 amide bonds. The zero-order chi connectivity index (χ0) is 15.5. The van der Waals surface area contributed by atoms with Gasteiger partial charge in [-0.25, -0.2) is 0 Å². The number of aromatic nitrogens is 2. The van der Waals surface area contributed by atoms with E-state index in [1.54, 1.807) is 24.2 Å². The van der Waals surface area contributed by atoms with Crippen molar-refractivity contribution < 1.29 is 14.1 Å². The number of amides is 2. The van der Waals surface area contributed by atoms with E-state index in [2.05, 4.69) is 15.5 Å². The van der Waals surface area contributed by atoms with Gasteiger partial charge < -0.3 is 9.42 Å². The summed E-state index contributed by atoms with van der Waals surface area (Å²) in [6.07, 6.45) is 6.50. The van der Waals surface area contributed by atoms with Crippen molar-refractivity contribution in [2.75, 3.05) is 11.9 Å². The van der Waals surface area contributed by atoms with Crippen LogP contribution in [0, 0.1) is 6.92 Å². The van der Waals surface area contributed by atoms with Crippen LogP contribution in [0.15, 0.2) is 35.3 Å². The Hall–Kier alpha value is -2.70. The van der Waals surface area contributed by atoms with Crippen LogP contribution in [0.4, 0.5) is 5.82 Å². The van der Waals surface area contributed by atoms with E-state index >= 15 is 0 Å². The van der Waals surface area contributed by atoms with Crippen LogP contribution >= 0.6 is 0 Å². The van der Waals surface area contributed by atoms with Crippen LogP contribution in [0.5, 0.6) is 0 Å². The summed E-state index contributed by atoms with van der Waals surface area (Å²) >= 11 is 0. The fourth-order valence-corrected chi connectivity index (χ4v) is 2.64. The third kappa shape index (κ3) is 2.69. The largest absolute Gasteiger partial charge is 0.362 e. The van der Waals surface area contributed by atoms with Crippen LogP contribution in [0.1, 0.15) is 30.0 Å². The molecule has 3 rings (SSSR count). The van der Waals surface area contributed by atoms with Crippen molar-refractivity contribution in [2.24, 2.45) is 0 Å². The Kier molecular flexibility index (Phi) is 3.86. The van der Waals surface area contributed by atoms with Gasteiger partial charge in [-0.3, -0.25) is 19.9 Å². The van der Waals surface area contributed by atoms with Crippen molar-refractivity contribution in [3.8, 4) is 0 Å². The number of aryl methyl sites for hydroxylation is 1. The van der Waals surface area contributed by atoms with Gasteiger partial charge in [-0.15, -0.1) is 0 Å². The number of rotatable bonds is 2. The summed E-state index contributed by atoms with van der Waals surface area (Å²) in [5.74, 6) is -0.974. The number of hydrogen-bond donors (Lipinski definition) is 1. The molecule has 0 saturated carbocycles. The second-order valence-electron chi connectivity index (χ2n) is 5.24. The molecule has 1 atom stereocenters.